The van der Waals surface area contributed by atoms with Crippen LogP contribution in [0.5, 0.6) is 0 Å². The molecule has 7 heteroatoms. The number of nitrogens with one attached hydrogen (secondary N) is 1. The maximum atomic E-state index is 12.5. The number of rotatable bonds is 9. The topological polar surface area (TPSA) is 49.4 Å². The molecule has 0 amide bonds. The normalized spacial score (nSPS) is 13.8. The van der Waals surface area contributed by atoms with Gasteiger partial charge in [0.05, 0.1) is 0 Å². The molecule has 1 aromatic rings. The third-order valence-electron chi connectivity index (χ3n) is 3.20. The van der Waals surface area contributed by atoms with E-state index in [4.69, 9.17) is 0 Å². The third-order valence-corrected chi connectivity index (χ3v) is 7.28. The zero-order valence-electron chi connectivity index (χ0n) is 12.5. The van der Waals surface area contributed by atoms with Crippen molar-refractivity contribution in [3.63, 3.8) is 0 Å². The lowest BCUT2D eigenvalue weighted by molar-refractivity contribution is 0.383. The zero-order valence-corrected chi connectivity index (χ0v) is 15.0. The van der Waals surface area contributed by atoms with Gasteiger partial charge in [-0.15, -0.1) is 11.3 Å². The predicted octanol–water partition coefficient (Wildman–Crippen LogP) is 2.62. The zero-order chi connectivity index (χ0) is 15.2. The molecule has 0 aliphatic heterocycles. The van der Waals surface area contributed by atoms with Crippen LogP contribution in [0.1, 0.15) is 25.8 Å². The van der Waals surface area contributed by atoms with Crippen LogP contribution < -0.4 is 5.32 Å². The Morgan fingerprint density at radius 3 is 2.80 bits per heavy atom. The quantitative estimate of drug-likeness (QED) is 0.753. The van der Waals surface area contributed by atoms with Crippen molar-refractivity contribution in [2.24, 2.45) is 0 Å². The summed E-state index contributed by atoms with van der Waals surface area (Å²) >= 11 is 3.04. The van der Waals surface area contributed by atoms with E-state index < -0.39 is 10.0 Å². The SMILES string of the molecule is CCNCc1csc(S(=O)(=O)N(C)C(C)CCSC)c1. The molecule has 4 nitrogen and oxygen atoms in total. The summed E-state index contributed by atoms with van der Waals surface area (Å²) in [6, 6.07) is 1.80. The molecule has 0 fully saturated rings. The summed E-state index contributed by atoms with van der Waals surface area (Å²) in [6.45, 7) is 5.59. The van der Waals surface area contributed by atoms with Crippen LogP contribution in [0.3, 0.4) is 0 Å². The van der Waals surface area contributed by atoms with Gasteiger partial charge in [-0.25, -0.2) is 8.42 Å². The first-order valence-electron chi connectivity index (χ1n) is 6.68. The highest BCUT2D eigenvalue weighted by Gasteiger charge is 2.26. The lowest BCUT2D eigenvalue weighted by Crippen LogP contribution is -2.35. The smallest absolute Gasteiger partial charge is 0.252 e. The Morgan fingerprint density at radius 2 is 2.20 bits per heavy atom. The number of hydrogen-bond donors (Lipinski definition) is 1. The number of thiophene rings is 1. The van der Waals surface area contributed by atoms with Crippen molar-refractivity contribution in [1.82, 2.24) is 9.62 Å². The van der Waals surface area contributed by atoms with E-state index >= 15 is 0 Å². The number of thioether (sulfide) groups is 1. The Balaban J connectivity index is 2.79. The Morgan fingerprint density at radius 1 is 1.50 bits per heavy atom. The Bertz CT molecular complexity index is 499. The van der Waals surface area contributed by atoms with Crippen LogP contribution >= 0.6 is 23.1 Å². The van der Waals surface area contributed by atoms with Crippen molar-refractivity contribution in [1.29, 1.82) is 0 Å². The molecule has 1 N–H and O–H groups in total. The van der Waals surface area contributed by atoms with E-state index in [1.54, 1.807) is 24.9 Å². The fourth-order valence-electron chi connectivity index (χ4n) is 1.70. The second-order valence-electron chi connectivity index (χ2n) is 4.71. The van der Waals surface area contributed by atoms with Gasteiger partial charge < -0.3 is 5.32 Å². The first-order valence-corrected chi connectivity index (χ1v) is 10.4. The van der Waals surface area contributed by atoms with E-state index in [0.29, 0.717) is 10.8 Å². The van der Waals surface area contributed by atoms with Crippen molar-refractivity contribution in [3.8, 4) is 0 Å². The number of nitrogens with zero attached hydrogens (tertiary/aromatic N) is 1. The Labute approximate surface area is 131 Å². The van der Waals surface area contributed by atoms with Gasteiger partial charge in [-0.2, -0.15) is 16.1 Å². The van der Waals surface area contributed by atoms with Crippen LogP contribution in [-0.4, -0.2) is 44.4 Å². The molecule has 0 saturated heterocycles. The van der Waals surface area contributed by atoms with Crippen LogP contribution in [0.15, 0.2) is 15.7 Å². The Kier molecular flexibility index (Phi) is 7.53. The summed E-state index contributed by atoms with van der Waals surface area (Å²) in [5.74, 6) is 0.969. The standard InChI is InChI=1S/C13H24N2O2S3/c1-5-14-9-12-8-13(19-10-12)20(16,17)15(3)11(2)6-7-18-4/h8,10-11,14H,5-7,9H2,1-4H3. The molecular formula is C13H24N2O2S3. The molecule has 0 aliphatic carbocycles. The molecule has 0 spiro atoms. The van der Waals surface area contributed by atoms with Gasteiger partial charge >= 0.3 is 0 Å². The first kappa shape index (κ1) is 18.0. The average molecular weight is 337 g/mol. The highest BCUT2D eigenvalue weighted by molar-refractivity contribution is 7.98. The maximum absolute atomic E-state index is 12.5. The molecule has 0 aliphatic rings. The molecule has 1 unspecified atom stereocenters. The molecule has 0 saturated carbocycles. The number of sulfonamides is 1. The van der Waals surface area contributed by atoms with Crippen LogP contribution in [0, 0.1) is 0 Å². The van der Waals surface area contributed by atoms with Gasteiger partial charge in [-0.3, -0.25) is 0 Å². The van der Waals surface area contributed by atoms with Crippen LogP contribution in [0.25, 0.3) is 0 Å². The third kappa shape index (κ3) is 4.73. The highest BCUT2D eigenvalue weighted by Crippen LogP contribution is 2.25. The minimum Gasteiger partial charge on any atom is -0.313 e. The summed E-state index contributed by atoms with van der Waals surface area (Å²) in [5.41, 5.74) is 1.03. The molecule has 0 radical (unpaired) electrons. The van der Waals surface area contributed by atoms with Crippen molar-refractivity contribution >= 4 is 33.1 Å². The van der Waals surface area contributed by atoms with Gasteiger partial charge in [0.15, 0.2) is 0 Å². The van der Waals surface area contributed by atoms with Crippen molar-refractivity contribution in [3.05, 3.63) is 17.0 Å². The average Bonchev–Trinajstić information content (AvgIpc) is 2.91. The van der Waals surface area contributed by atoms with Crippen LogP contribution in [-0.2, 0) is 16.6 Å². The van der Waals surface area contributed by atoms with Crippen LogP contribution in [0.4, 0.5) is 0 Å². The maximum Gasteiger partial charge on any atom is 0.252 e. The molecule has 20 heavy (non-hydrogen) atoms. The molecule has 116 valence electrons. The summed E-state index contributed by atoms with van der Waals surface area (Å²) in [7, 11) is -1.69. The van der Waals surface area contributed by atoms with E-state index in [9.17, 15) is 8.42 Å². The predicted molar refractivity (Wildman–Crippen MR) is 89.1 cm³/mol. The second-order valence-corrected chi connectivity index (χ2v) is 8.83. The molecule has 1 rings (SSSR count). The van der Waals surface area contributed by atoms with Gasteiger partial charge in [-0.1, -0.05) is 6.92 Å². The fraction of sp³-hybridized carbons (Fsp3) is 0.692. The molecular weight excluding hydrogens is 312 g/mol. The van der Waals surface area contributed by atoms with E-state index in [2.05, 4.69) is 5.32 Å². The first-order chi connectivity index (χ1) is 9.43. The molecule has 1 aromatic heterocycles. The summed E-state index contributed by atoms with van der Waals surface area (Å²) < 4.78 is 27.0. The minimum atomic E-state index is -3.36. The van der Waals surface area contributed by atoms with E-state index in [-0.39, 0.29) is 6.04 Å². The van der Waals surface area contributed by atoms with E-state index in [1.165, 1.54) is 15.6 Å². The molecule has 0 bridgehead atoms. The number of hydrogen-bond acceptors (Lipinski definition) is 5. The van der Waals surface area contributed by atoms with E-state index in [0.717, 1.165) is 24.3 Å². The summed E-state index contributed by atoms with van der Waals surface area (Å²) in [6.07, 6.45) is 2.90. The fourth-order valence-corrected chi connectivity index (χ4v) is 5.06. The Hall–Kier alpha value is -0.0800. The van der Waals surface area contributed by atoms with E-state index in [1.807, 2.05) is 25.5 Å². The molecule has 1 atom stereocenters. The van der Waals surface area contributed by atoms with Crippen molar-refractivity contribution in [2.45, 2.75) is 37.1 Å². The lowest BCUT2D eigenvalue weighted by atomic mass is 10.3. The minimum absolute atomic E-state index is 0.0202. The van der Waals surface area contributed by atoms with Crippen molar-refractivity contribution < 1.29 is 8.42 Å². The van der Waals surface area contributed by atoms with Gasteiger partial charge in [0.25, 0.3) is 10.0 Å². The summed E-state index contributed by atoms with van der Waals surface area (Å²) in [5, 5.41) is 5.12. The molecule has 0 aromatic carbocycles. The highest BCUT2D eigenvalue weighted by atomic mass is 32.2. The second kappa shape index (κ2) is 8.38. The lowest BCUT2D eigenvalue weighted by Gasteiger charge is -2.23. The van der Waals surface area contributed by atoms with Gasteiger partial charge in [0.2, 0.25) is 0 Å². The monoisotopic (exact) mass is 336 g/mol. The van der Waals surface area contributed by atoms with Gasteiger partial charge in [0.1, 0.15) is 4.21 Å². The largest absolute Gasteiger partial charge is 0.313 e. The van der Waals surface area contributed by atoms with Crippen molar-refractivity contribution in [2.75, 3.05) is 25.6 Å². The van der Waals surface area contributed by atoms with Crippen LogP contribution in [0.2, 0.25) is 0 Å². The summed E-state index contributed by atoms with van der Waals surface area (Å²) in [4.78, 5) is 0. The molecule has 1 heterocycles. The van der Waals surface area contributed by atoms with Gasteiger partial charge in [-0.05, 0) is 48.9 Å². The van der Waals surface area contributed by atoms with Gasteiger partial charge in [0, 0.05) is 19.6 Å².